The summed E-state index contributed by atoms with van der Waals surface area (Å²) in [6.45, 7) is 9.01. The minimum absolute atomic E-state index is 0.133. The molecule has 0 aliphatic carbocycles. The maximum Gasteiger partial charge on any atom is 0.123 e. The maximum atomic E-state index is 13.0. The average molecular weight is 282 g/mol. The Morgan fingerprint density at radius 1 is 1.20 bits per heavy atom. The van der Waals surface area contributed by atoms with E-state index in [4.69, 9.17) is 10.5 Å². The van der Waals surface area contributed by atoms with Gasteiger partial charge in [0.2, 0.25) is 0 Å². The van der Waals surface area contributed by atoms with Gasteiger partial charge in [0.1, 0.15) is 5.82 Å². The molecule has 0 bridgehead atoms. The van der Waals surface area contributed by atoms with Gasteiger partial charge in [0.25, 0.3) is 0 Å². The third kappa shape index (κ3) is 5.19. The summed E-state index contributed by atoms with van der Waals surface area (Å²) in [5.41, 5.74) is 7.30. The van der Waals surface area contributed by atoms with Crippen LogP contribution in [0.3, 0.4) is 0 Å². The van der Waals surface area contributed by atoms with Gasteiger partial charge < -0.3 is 10.5 Å². The number of hydrogen-bond acceptors (Lipinski definition) is 3. The second-order valence-corrected chi connectivity index (χ2v) is 5.70. The van der Waals surface area contributed by atoms with Crippen LogP contribution in [0.15, 0.2) is 24.3 Å². The molecule has 0 radical (unpaired) electrons. The molecule has 1 aromatic carbocycles. The Labute approximate surface area is 121 Å². The van der Waals surface area contributed by atoms with Crippen molar-refractivity contribution in [3.63, 3.8) is 0 Å². The molecule has 0 amide bonds. The summed E-state index contributed by atoms with van der Waals surface area (Å²) in [7, 11) is 1.71. The van der Waals surface area contributed by atoms with Gasteiger partial charge in [-0.1, -0.05) is 26.0 Å². The molecule has 0 heterocycles. The smallest absolute Gasteiger partial charge is 0.123 e. The molecule has 1 aromatic rings. The largest absolute Gasteiger partial charge is 0.383 e. The highest BCUT2D eigenvalue weighted by Crippen LogP contribution is 2.20. The number of hydrogen-bond donors (Lipinski definition) is 1. The molecular formula is C16H27FN2O. The van der Waals surface area contributed by atoms with Gasteiger partial charge in [0.05, 0.1) is 6.61 Å². The Kier molecular flexibility index (Phi) is 7.13. The van der Waals surface area contributed by atoms with Crippen LogP contribution < -0.4 is 5.73 Å². The zero-order valence-electron chi connectivity index (χ0n) is 13.0. The minimum Gasteiger partial charge on any atom is -0.383 e. The van der Waals surface area contributed by atoms with Crippen molar-refractivity contribution >= 4 is 0 Å². The zero-order valence-corrected chi connectivity index (χ0v) is 13.0. The molecule has 114 valence electrons. The number of methoxy groups -OCH3 is 1. The molecule has 0 saturated heterocycles. The second kappa shape index (κ2) is 8.35. The van der Waals surface area contributed by atoms with Crippen molar-refractivity contribution in [1.82, 2.24) is 4.90 Å². The lowest BCUT2D eigenvalue weighted by Crippen LogP contribution is -2.44. The summed E-state index contributed by atoms with van der Waals surface area (Å²) in [5.74, 6) is 0.335. The molecule has 0 aromatic heterocycles. The summed E-state index contributed by atoms with van der Waals surface area (Å²) in [6.07, 6.45) is 0. The van der Waals surface area contributed by atoms with Gasteiger partial charge in [-0.15, -0.1) is 0 Å². The molecule has 0 aliphatic rings. The van der Waals surface area contributed by atoms with Crippen LogP contribution in [-0.4, -0.2) is 37.7 Å². The molecule has 2 N–H and O–H groups in total. The maximum absolute atomic E-state index is 13.0. The average Bonchev–Trinajstić information content (AvgIpc) is 2.42. The first-order valence-corrected chi connectivity index (χ1v) is 7.19. The Bertz CT molecular complexity index is 381. The highest BCUT2D eigenvalue weighted by atomic mass is 19.1. The van der Waals surface area contributed by atoms with Crippen molar-refractivity contribution in [3.8, 4) is 0 Å². The van der Waals surface area contributed by atoms with Gasteiger partial charge in [-0.3, -0.25) is 4.90 Å². The summed E-state index contributed by atoms with van der Waals surface area (Å²) >= 11 is 0. The van der Waals surface area contributed by atoms with Crippen LogP contribution in [0.1, 0.15) is 32.4 Å². The van der Waals surface area contributed by atoms with Crippen molar-refractivity contribution in [3.05, 3.63) is 35.6 Å². The molecule has 2 unspecified atom stereocenters. The summed E-state index contributed by atoms with van der Waals surface area (Å²) < 4.78 is 18.2. The number of halogens is 1. The summed E-state index contributed by atoms with van der Waals surface area (Å²) in [4.78, 5) is 2.34. The molecule has 2 atom stereocenters. The van der Waals surface area contributed by atoms with E-state index in [2.05, 4.69) is 25.7 Å². The Balaban J connectivity index is 2.75. The van der Waals surface area contributed by atoms with Crippen LogP contribution in [-0.2, 0) is 4.74 Å². The van der Waals surface area contributed by atoms with E-state index in [1.165, 1.54) is 12.1 Å². The molecule has 0 fully saturated rings. The normalized spacial score (nSPS) is 14.8. The Hall–Kier alpha value is -0.970. The van der Waals surface area contributed by atoms with Crippen LogP contribution in [0.5, 0.6) is 0 Å². The van der Waals surface area contributed by atoms with E-state index < -0.39 is 0 Å². The fraction of sp³-hybridized carbons (Fsp3) is 0.625. The van der Waals surface area contributed by atoms with E-state index >= 15 is 0 Å². The number of benzene rings is 1. The standard InChI is InChI=1S/C16H27FN2O/c1-12(2)11-19(9-10-20-4)13(3)16(18)14-5-7-15(17)8-6-14/h5-8,12-13,16H,9-11,18H2,1-4H3. The third-order valence-electron chi connectivity index (χ3n) is 3.53. The van der Waals surface area contributed by atoms with Gasteiger partial charge in [0, 0.05) is 32.3 Å². The van der Waals surface area contributed by atoms with E-state index in [9.17, 15) is 4.39 Å². The lowest BCUT2D eigenvalue weighted by atomic mass is 9.99. The summed E-state index contributed by atoms with van der Waals surface area (Å²) in [5, 5.41) is 0. The second-order valence-electron chi connectivity index (χ2n) is 5.70. The quantitative estimate of drug-likeness (QED) is 0.797. The predicted molar refractivity (Wildman–Crippen MR) is 81.1 cm³/mol. The van der Waals surface area contributed by atoms with E-state index in [1.54, 1.807) is 19.2 Å². The number of ether oxygens (including phenoxy) is 1. The molecule has 1 rings (SSSR count). The lowest BCUT2D eigenvalue weighted by Gasteiger charge is -2.34. The van der Waals surface area contributed by atoms with Crippen molar-refractivity contribution < 1.29 is 9.13 Å². The van der Waals surface area contributed by atoms with Crippen LogP contribution in [0.25, 0.3) is 0 Å². The monoisotopic (exact) mass is 282 g/mol. The number of nitrogens with two attached hydrogens (primary N) is 1. The number of rotatable bonds is 8. The topological polar surface area (TPSA) is 38.5 Å². The molecular weight excluding hydrogens is 255 g/mol. The minimum atomic E-state index is -0.230. The van der Waals surface area contributed by atoms with Crippen molar-refractivity contribution in [2.24, 2.45) is 11.7 Å². The molecule has 0 aliphatic heterocycles. The van der Waals surface area contributed by atoms with Gasteiger partial charge in [-0.05, 0) is 30.5 Å². The van der Waals surface area contributed by atoms with E-state index in [-0.39, 0.29) is 17.9 Å². The molecule has 3 nitrogen and oxygen atoms in total. The van der Waals surface area contributed by atoms with E-state index in [1.807, 2.05) is 0 Å². The fourth-order valence-electron chi connectivity index (χ4n) is 2.33. The lowest BCUT2D eigenvalue weighted by molar-refractivity contribution is 0.105. The van der Waals surface area contributed by atoms with E-state index in [0.29, 0.717) is 12.5 Å². The van der Waals surface area contributed by atoms with Gasteiger partial charge in [-0.25, -0.2) is 4.39 Å². The predicted octanol–water partition coefficient (Wildman–Crippen LogP) is 2.82. The summed E-state index contributed by atoms with van der Waals surface area (Å²) in [6, 6.07) is 6.50. The molecule has 20 heavy (non-hydrogen) atoms. The SMILES string of the molecule is COCCN(CC(C)C)C(C)C(N)c1ccc(F)cc1. The zero-order chi connectivity index (χ0) is 15.1. The molecule has 0 spiro atoms. The first-order chi connectivity index (χ1) is 9.45. The van der Waals surface area contributed by atoms with Gasteiger partial charge in [-0.2, -0.15) is 0 Å². The van der Waals surface area contributed by atoms with Gasteiger partial charge >= 0.3 is 0 Å². The first kappa shape index (κ1) is 17.1. The highest BCUT2D eigenvalue weighted by molar-refractivity contribution is 5.20. The highest BCUT2D eigenvalue weighted by Gasteiger charge is 2.22. The van der Waals surface area contributed by atoms with Crippen LogP contribution in [0.4, 0.5) is 4.39 Å². The van der Waals surface area contributed by atoms with Crippen molar-refractivity contribution in [1.29, 1.82) is 0 Å². The van der Waals surface area contributed by atoms with Gasteiger partial charge in [0.15, 0.2) is 0 Å². The van der Waals surface area contributed by atoms with E-state index in [0.717, 1.165) is 18.7 Å². The van der Waals surface area contributed by atoms with Crippen LogP contribution in [0.2, 0.25) is 0 Å². The first-order valence-electron chi connectivity index (χ1n) is 7.19. The van der Waals surface area contributed by atoms with Crippen molar-refractivity contribution in [2.45, 2.75) is 32.9 Å². The Morgan fingerprint density at radius 3 is 2.30 bits per heavy atom. The molecule has 0 saturated carbocycles. The van der Waals surface area contributed by atoms with Crippen molar-refractivity contribution in [2.75, 3.05) is 26.8 Å². The van der Waals surface area contributed by atoms with Crippen LogP contribution >= 0.6 is 0 Å². The third-order valence-corrected chi connectivity index (χ3v) is 3.53. The molecule has 4 heteroatoms. The fourth-order valence-corrected chi connectivity index (χ4v) is 2.33. The Morgan fingerprint density at radius 2 is 1.80 bits per heavy atom. The van der Waals surface area contributed by atoms with Crippen LogP contribution in [0, 0.1) is 11.7 Å². The number of nitrogens with zero attached hydrogens (tertiary/aromatic N) is 1.